The summed E-state index contributed by atoms with van der Waals surface area (Å²) in [7, 11) is 0. The summed E-state index contributed by atoms with van der Waals surface area (Å²) in [6.45, 7) is 1.94. The summed E-state index contributed by atoms with van der Waals surface area (Å²) < 4.78 is 15.5. The molecule has 208 valence electrons. The molecule has 6 nitrogen and oxygen atoms in total. The summed E-state index contributed by atoms with van der Waals surface area (Å²) >= 11 is 3.59. The van der Waals surface area contributed by atoms with Crippen LogP contribution in [0.1, 0.15) is 29.3 Å². The highest BCUT2D eigenvalue weighted by Gasteiger charge is 2.19. The average molecular weight is 680 g/mol. The largest absolute Gasteiger partial charge is 0.325 e. The summed E-state index contributed by atoms with van der Waals surface area (Å²) in [5, 5.41) is 7.99. The van der Waals surface area contributed by atoms with Crippen LogP contribution in [0.3, 0.4) is 0 Å². The van der Waals surface area contributed by atoms with Crippen LogP contribution in [-0.2, 0) is 9.59 Å². The average Bonchev–Trinajstić information content (AvgIpc) is 2.98. The Kier molecular flexibility index (Phi) is 10.7. The topological polar surface area (TPSA) is 87.3 Å². The number of carbonyl (C=O) groups excluding carboxylic acids is 3. The number of hydrogen-bond acceptors (Lipinski definition) is 4. The molecule has 0 spiro atoms. The minimum atomic E-state index is -0.622. The number of rotatable bonds is 10. The quantitative estimate of drug-likeness (QED) is 0.0930. The van der Waals surface area contributed by atoms with Crippen LogP contribution in [0.4, 0.5) is 15.8 Å². The molecule has 1 atom stereocenters. The highest BCUT2D eigenvalue weighted by molar-refractivity contribution is 14.1. The van der Waals surface area contributed by atoms with Crippen LogP contribution in [0, 0.1) is 9.39 Å². The fraction of sp³-hybridized carbons (Fsp3) is 0.0938. The second-order valence-electron chi connectivity index (χ2n) is 8.89. The first-order chi connectivity index (χ1) is 19.8. The second-order valence-corrected chi connectivity index (χ2v) is 11.4. The van der Waals surface area contributed by atoms with Crippen LogP contribution >= 0.6 is 34.4 Å². The Morgan fingerprint density at radius 3 is 2.27 bits per heavy atom. The summed E-state index contributed by atoms with van der Waals surface area (Å²) in [6.07, 6.45) is 1.89. The maximum Gasteiger partial charge on any atom is 0.272 e. The predicted octanol–water partition coefficient (Wildman–Crippen LogP) is 7.35. The van der Waals surface area contributed by atoms with Crippen LogP contribution in [0.2, 0.25) is 0 Å². The first kappa shape index (κ1) is 30.0. The maximum absolute atomic E-state index is 14.4. The minimum absolute atomic E-state index is 0.119. The zero-order chi connectivity index (χ0) is 29.2. The molecule has 0 saturated carbocycles. The van der Waals surface area contributed by atoms with Crippen molar-refractivity contribution in [2.24, 2.45) is 0 Å². The van der Waals surface area contributed by atoms with Crippen molar-refractivity contribution in [2.75, 3.05) is 10.6 Å². The molecule has 0 saturated heterocycles. The van der Waals surface area contributed by atoms with Gasteiger partial charge in [0.2, 0.25) is 5.91 Å². The van der Waals surface area contributed by atoms with E-state index in [-0.39, 0.29) is 22.4 Å². The molecule has 3 amide bonds. The number of hydrogen-bond donors (Lipinski definition) is 3. The number of carbonyl (C=O) groups is 3. The standard InChI is InChI=1S/C32H27FIN3O3S/c1-2-29(32(40)35-24-17-15-23(34)16-18-24)41-26-13-8-12-25(20-26)36-31(39)28(19-22-11-6-7-14-27(22)33)37-30(38)21-9-4-3-5-10-21/h3-20,29H,2H2,1H3,(H,35,40)(H,36,39)(H,37,38)/b28-19-. The molecule has 0 radical (unpaired) electrons. The molecule has 4 rings (SSSR count). The van der Waals surface area contributed by atoms with Crippen LogP contribution in [-0.4, -0.2) is 23.0 Å². The van der Waals surface area contributed by atoms with Gasteiger partial charge >= 0.3 is 0 Å². The third-order valence-corrected chi connectivity index (χ3v) is 7.96. The van der Waals surface area contributed by atoms with Gasteiger partial charge < -0.3 is 16.0 Å². The van der Waals surface area contributed by atoms with Crippen LogP contribution in [0.5, 0.6) is 0 Å². The lowest BCUT2D eigenvalue weighted by molar-refractivity contribution is -0.116. The molecule has 0 aliphatic carbocycles. The van der Waals surface area contributed by atoms with Crippen molar-refractivity contribution in [3.05, 3.63) is 129 Å². The number of nitrogens with one attached hydrogen (secondary N) is 3. The first-order valence-electron chi connectivity index (χ1n) is 12.8. The molecule has 1 unspecified atom stereocenters. The molecular weight excluding hydrogens is 652 g/mol. The molecule has 0 aliphatic heterocycles. The van der Waals surface area contributed by atoms with E-state index in [1.165, 1.54) is 30.0 Å². The van der Waals surface area contributed by atoms with Gasteiger partial charge in [-0.2, -0.15) is 0 Å². The van der Waals surface area contributed by atoms with Crippen LogP contribution in [0.25, 0.3) is 6.08 Å². The summed E-state index contributed by atoms with van der Waals surface area (Å²) in [5.74, 6) is -1.77. The lowest BCUT2D eigenvalue weighted by atomic mass is 10.1. The first-order valence-corrected chi connectivity index (χ1v) is 14.8. The minimum Gasteiger partial charge on any atom is -0.325 e. The number of thioether (sulfide) groups is 1. The van der Waals surface area contributed by atoms with Crippen molar-refractivity contribution >= 4 is 69.5 Å². The monoisotopic (exact) mass is 679 g/mol. The van der Waals surface area contributed by atoms with E-state index in [2.05, 4.69) is 38.5 Å². The summed E-state index contributed by atoms with van der Waals surface area (Å²) in [4.78, 5) is 39.9. The fourth-order valence-corrected chi connectivity index (χ4v) is 5.15. The Morgan fingerprint density at radius 1 is 0.854 bits per heavy atom. The normalized spacial score (nSPS) is 11.8. The van der Waals surface area contributed by atoms with Crippen molar-refractivity contribution in [1.29, 1.82) is 0 Å². The van der Waals surface area contributed by atoms with Gasteiger partial charge in [-0.05, 0) is 95.8 Å². The van der Waals surface area contributed by atoms with Gasteiger partial charge in [0, 0.05) is 31.0 Å². The summed E-state index contributed by atoms with van der Waals surface area (Å²) in [6, 6.07) is 29.1. The van der Waals surface area contributed by atoms with Crippen molar-refractivity contribution < 1.29 is 18.8 Å². The van der Waals surface area contributed by atoms with Gasteiger partial charge in [0.05, 0.1) is 5.25 Å². The van der Waals surface area contributed by atoms with Crippen LogP contribution < -0.4 is 16.0 Å². The van der Waals surface area contributed by atoms with E-state index in [0.29, 0.717) is 17.7 Å². The van der Waals surface area contributed by atoms with E-state index in [1.807, 2.05) is 37.3 Å². The molecule has 3 N–H and O–H groups in total. The maximum atomic E-state index is 14.4. The van der Waals surface area contributed by atoms with Gasteiger partial charge in [-0.3, -0.25) is 14.4 Å². The highest BCUT2D eigenvalue weighted by atomic mass is 127. The lowest BCUT2D eigenvalue weighted by Crippen LogP contribution is -2.30. The van der Waals surface area contributed by atoms with E-state index in [4.69, 9.17) is 0 Å². The van der Waals surface area contributed by atoms with Crippen molar-refractivity contribution in [2.45, 2.75) is 23.5 Å². The molecule has 0 fully saturated rings. The molecule has 0 aromatic heterocycles. The van der Waals surface area contributed by atoms with E-state index >= 15 is 0 Å². The number of halogens is 2. The Bertz CT molecular complexity index is 1560. The Morgan fingerprint density at radius 2 is 1.56 bits per heavy atom. The van der Waals surface area contributed by atoms with Gasteiger partial charge in [0.1, 0.15) is 11.5 Å². The Hall–Kier alpha value is -3.96. The molecule has 0 bridgehead atoms. The number of anilines is 2. The van der Waals surface area contributed by atoms with E-state index in [0.717, 1.165) is 14.2 Å². The predicted molar refractivity (Wildman–Crippen MR) is 171 cm³/mol. The number of benzene rings is 4. The Balaban J connectivity index is 1.50. The van der Waals surface area contributed by atoms with Gasteiger partial charge in [-0.1, -0.05) is 49.4 Å². The molecule has 9 heteroatoms. The molecule has 4 aromatic carbocycles. The molecule has 41 heavy (non-hydrogen) atoms. The summed E-state index contributed by atoms with van der Waals surface area (Å²) in [5.41, 5.74) is 1.57. The molecule has 0 aliphatic rings. The molecule has 0 heterocycles. The zero-order valence-corrected chi connectivity index (χ0v) is 25.0. The zero-order valence-electron chi connectivity index (χ0n) is 22.1. The molecular formula is C32H27FIN3O3S. The second kappa shape index (κ2) is 14.6. The smallest absolute Gasteiger partial charge is 0.272 e. The SMILES string of the molecule is CCC(Sc1cccc(NC(=O)/C(=C/c2ccccc2F)NC(=O)c2ccccc2)c1)C(=O)Nc1ccc(I)cc1. The van der Waals surface area contributed by atoms with E-state index in [1.54, 1.807) is 60.7 Å². The fourth-order valence-electron chi connectivity index (χ4n) is 3.78. The van der Waals surface area contributed by atoms with Gasteiger partial charge in [-0.15, -0.1) is 11.8 Å². The van der Waals surface area contributed by atoms with Crippen molar-refractivity contribution in [1.82, 2.24) is 5.32 Å². The van der Waals surface area contributed by atoms with Gasteiger partial charge in [-0.25, -0.2) is 4.39 Å². The van der Waals surface area contributed by atoms with E-state index in [9.17, 15) is 18.8 Å². The van der Waals surface area contributed by atoms with Gasteiger partial charge in [0.25, 0.3) is 11.8 Å². The number of amides is 3. The van der Waals surface area contributed by atoms with Crippen molar-refractivity contribution in [3.63, 3.8) is 0 Å². The van der Waals surface area contributed by atoms with E-state index < -0.39 is 17.6 Å². The molecule has 4 aromatic rings. The van der Waals surface area contributed by atoms with Crippen molar-refractivity contribution in [3.8, 4) is 0 Å². The van der Waals surface area contributed by atoms with Gasteiger partial charge in [0.15, 0.2) is 0 Å². The third-order valence-electron chi connectivity index (χ3n) is 5.88. The lowest BCUT2D eigenvalue weighted by Gasteiger charge is -2.16. The Labute approximate surface area is 256 Å². The highest BCUT2D eigenvalue weighted by Crippen LogP contribution is 2.29. The van der Waals surface area contributed by atoms with Crippen LogP contribution in [0.15, 0.2) is 114 Å². The third kappa shape index (κ3) is 8.76.